The van der Waals surface area contributed by atoms with E-state index < -0.39 is 5.97 Å². The van der Waals surface area contributed by atoms with E-state index in [1.807, 2.05) is 13.0 Å². The number of carbonyl (C=O) groups is 1. The molecule has 1 heterocycles. The van der Waals surface area contributed by atoms with Gasteiger partial charge in [-0.15, -0.1) is 0 Å². The van der Waals surface area contributed by atoms with Crippen molar-refractivity contribution in [3.05, 3.63) is 47.2 Å². The highest BCUT2D eigenvalue weighted by atomic mass is 16.5. The first-order valence-electron chi connectivity index (χ1n) is 5.55. The summed E-state index contributed by atoms with van der Waals surface area (Å²) in [5.41, 5.74) is 2.03. The zero-order valence-corrected chi connectivity index (χ0v) is 9.60. The van der Waals surface area contributed by atoms with E-state index in [2.05, 4.69) is 0 Å². The van der Waals surface area contributed by atoms with Crippen molar-refractivity contribution in [2.75, 3.05) is 6.61 Å². The molecular weight excluding hydrogens is 220 g/mol. The van der Waals surface area contributed by atoms with E-state index in [1.54, 1.807) is 12.3 Å². The highest BCUT2D eigenvalue weighted by Crippen LogP contribution is 2.31. The van der Waals surface area contributed by atoms with Gasteiger partial charge in [-0.05, 0) is 18.9 Å². The minimum atomic E-state index is -0.897. The molecule has 4 nitrogen and oxygen atoms in total. The highest BCUT2D eigenvalue weighted by molar-refractivity contribution is 5.88. The predicted octanol–water partition coefficient (Wildman–Crippen LogP) is 2.51. The Morgan fingerprint density at radius 1 is 1.53 bits per heavy atom. The van der Waals surface area contributed by atoms with Crippen molar-refractivity contribution in [1.29, 1.82) is 0 Å². The number of carboxylic acids is 1. The van der Waals surface area contributed by atoms with E-state index in [4.69, 9.17) is 14.6 Å². The van der Waals surface area contributed by atoms with Gasteiger partial charge in [-0.3, -0.25) is 0 Å². The normalized spacial score (nSPS) is 17.9. The summed E-state index contributed by atoms with van der Waals surface area (Å²) in [6.07, 6.45) is 7.89. The number of hydrogen-bond acceptors (Lipinski definition) is 3. The van der Waals surface area contributed by atoms with Crippen molar-refractivity contribution in [3.63, 3.8) is 0 Å². The lowest BCUT2D eigenvalue weighted by molar-refractivity contribution is -0.132. The molecule has 1 N–H and O–H groups in total. The fourth-order valence-corrected chi connectivity index (χ4v) is 1.70. The molecule has 1 aliphatic carbocycles. The Morgan fingerprint density at radius 2 is 2.35 bits per heavy atom. The van der Waals surface area contributed by atoms with Gasteiger partial charge in [-0.1, -0.05) is 13.0 Å². The number of hydrogen-bond donors (Lipinski definition) is 1. The number of allylic oxidation sites excluding steroid dienone is 3. The smallest absolute Gasteiger partial charge is 0.331 e. The molecule has 0 unspecified atom stereocenters. The van der Waals surface area contributed by atoms with Crippen LogP contribution in [0.5, 0.6) is 0 Å². The molecular formula is C13H14O4. The zero-order chi connectivity index (χ0) is 12.3. The fourth-order valence-electron chi connectivity index (χ4n) is 1.70. The molecule has 0 aromatic carbocycles. The molecule has 17 heavy (non-hydrogen) atoms. The molecule has 0 atom stereocenters. The van der Waals surface area contributed by atoms with Gasteiger partial charge in [0.2, 0.25) is 0 Å². The summed E-state index contributed by atoms with van der Waals surface area (Å²) in [5.74, 6) is -0.225. The number of ether oxygens (including phenoxy) is 2. The molecule has 0 amide bonds. The van der Waals surface area contributed by atoms with Crippen LogP contribution in [0.2, 0.25) is 0 Å². The lowest BCUT2D eigenvalue weighted by Gasteiger charge is -2.20. The molecule has 0 aromatic rings. The Labute approximate surface area is 99.5 Å². The van der Waals surface area contributed by atoms with E-state index in [9.17, 15) is 4.79 Å². The summed E-state index contributed by atoms with van der Waals surface area (Å²) in [5, 5.41) is 8.92. The lowest BCUT2D eigenvalue weighted by atomic mass is 9.93. The monoisotopic (exact) mass is 234 g/mol. The average molecular weight is 234 g/mol. The van der Waals surface area contributed by atoms with Crippen molar-refractivity contribution in [1.82, 2.24) is 0 Å². The standard InChI is InChI=1S/C13H14O4/c1-2-5-17-12-8-16-7-10-6-9(13(14)15)3-4-11(10)12/h4,6-8H,2-3,5H2,1H3,(H,14,15). The van der Waals surface area contributed by atoms with Crippen molar-refractivity contribution in [2.45, 2.75) is 19.8 Å². The first-order chi connectivity index (χ1) is 8.22. The van der Waals surface area contributed by atoms with E-state index in [0.717, 1.165) is 17.6 Å². The van der Waals surface area contributed by atoms with Crippen LogP contribution in [0, 0.1) is 0 Å². The molecule has 0 saturated carbocycles. The third-order valence-electron chi connectivity index (χ3n) is 2.54. The molecule has 0 fully saturated rings. The molecule has 0 spiro atoms. The maximum absolute atomic E-state index is 10.9. The minimum Gasteiger partial charge on any atom is -0.490 e. The molecule has 0 aromatic heterocycles. The molecule has 4 heteroatoms. The van der Waals surface area contributed by atoms with Gasteiger partial charge in [0.25, 0.3) is 0 Å². The first kappa shape index (κ1) is 11.5. The molecule has 0 radical (unpaired) electrons. The molecule has 2 rings (SSSR count). The third-order valence-corrected chi connectivity index (χ3v) is 2.54. The van der Waals surface area contributed by atoms with Gasteiger partial charge in [-0.2, -0.15) is 0 Å². The molecule has 1 aliphatic heterocycles. The number of carboxylic acid groups (broad SMARTS) is 1. The Hall–Kier alpha value is -1.97. The van der Waals surface area contributed by atoms with E-state index in [1.165, 1.54) is 6.26 Å². The van der Waals surface area contributed by atoms with Gasteiger partial charge >= 0.3 is 5.97 Å². The van der Waals surface area contributed by atoms with Gasteiger partial charge in [0.05, 0.1) is 12.9 Å². The fraction of sp³-hybridized carbons (Fsp3) is 0.308. The highest BCUT2D eigenvalue weighted by Gasteiger charge is 2.21. The topological polar surface area (TPSA) is 55.8 Å². The van der Waals surface area contributed by atoms with E-state index in [-0.39, 0.29) is 0 Å². The van der Waals surface area contributed by atoms with Crippen LogP contribution in [0.25, 0.3) is 0 Å². The maximum atomic E-state index is 10.9. The van der Waals surface area contributed by atoms with Crippen molar-refractivity contribution < 1.29 is 19.4 Å². The summed E-state index contributed by atoms with van der Waals surface area (Å²) in [7, 11) is 0. The average Bonchev–Trinajstić information content (AvgIpc) is 2.35. The second-order valence-electron chi connectivity index (χ2n) is 3.84. The van der Waals surface area contributed by atoms with Crippen molar-refractivity contribution >= 4 is 5.97 Å². The Balaban J connectivity index is 2.17. The summed E-state index contributed by atoms with van der Waals surface area (Å²) < 4.78 is 10.7. The van der Waals surface area contributed by atoms with Gasteiger partial charge in [0.15, 0.2) is 5.76 Å². The Kier molecular flexibility index (Phi) is 3.32. The van der Waals surface area contributed by atoms with Gasteiger partial charge in [0.1, 0.15) is 6.26 Å². The summed E-state index contributed by atoms with van der Waals surface area (Å²) in [4.78, 5) is 10.9. The van der Waals surface area contributed by atoms with Gasteiger partial charge in [-0.25, -0.2) is 4.79 Å². The van der Waals surface area contributed by atoms with Crippen LogP contribution in [0.3, 0.4) is 0 Å². The van der Waals surface area contributed by atoms with Gasteiger partial charge < -0.3 is 14.6 Å². The second-order valence-corrected chi connectivity index (χ2v) is 3.84. The Morgan fingerprint density at radius 3 is 3.06 bits per heavy atom. The Bertz CT molecular complexity index is 452. The maximum Gasteiger partial charge on any atom is 0.331 e. The largest absolute Gasteiger partial charge is 0.490 e. The second kappa shape index (κ2) is 4.91. The first-order valence-corrected chi connectivity index (χ1v) is 5.55. The molecule has 0 saturated heterocycles. The van der Waals surface area contributed by atoms with Crippen LogP contribution in [0.4, 0.5) is 0 Å². The van der Waals surface area contributed by atoms with Crippen LogP contribution >= 0.6 is 0 Å². The lowest BCUT2D eigenvalue weighted by Crippen LogP contribution is -2.10. The van der Waals surface area contributed by atoms with E-state index in [0.29, 0.717) is 24.4 Å². The zero-order valence-electron chi connectivity index (χ0n) is 9.60. The molecule has 0 bridgehead atoms. The summed E-state index contributed by atoms with van der Waals surface area (Å²) >= 11 is 0. The SMILES string of the molecule is CCCOC1=COC=C2C=C(C(=O)O)CC=C21. The minimum absolute atomic E-state index is 0.361. The number of aliphatic carboxylic acids is 1. The van der Waals surface area contributed by atoms with E-state index >= 15 is 0 Å². The van der Waals surface area contributed by atoms with Gasteiger partial charge in [0, 0.05) is 16.7 Å². The van der Waals surface area contributed by atoms with Crippen LogP contribution in [0.1, 0.15) is 19.8 Å². The molecule has 2 aliphatic rings. The van der Waals surface area contributed by atoms with Crippen molar-refractivity contribution in [2.24, 2.45) is 0 Å². The number of fused-ring (bicyclic) bond motifs is 1. The summed E-state index contributed by atoms with van der Waals surface area (Å²) in [6.45, 7) is 2.65. The van der Waals surface area contributed by atoms with Crippen LogP contribution in [0.15, 0.2) is 47.2 Å². The third kappa shape index (κ3) is 2.41. The van der Waals surface area contributed by atoms with Crippen molar-refractivity contribution in [3.8, 4) is 0 Å². The van der Waals surface area contributed by atoms with Crippen LogP contribution in [-0.2, 0) is 14.3 Å². The molecule has 90 valence electrons. The van der Waals surface area contributed by atoms with Crippen LogP contribution < -0.4 is 0 Å². The quantitative estimate of drug-likeness (QED) is 0.812. The number of rotatable bonds is 4. The van der Waals surface area contributed by atoms with Crippen LogP contribution in [-0.4, -0.2) is 17.7 Å². The summed E-state index contributed by atoms with van der Waals surface area (Å²) in [6, 6.07) is 0. The predicted molar refractivity (Wildman–Crippen MR) is 61.9 cm³/mol.